The second-order valence-electron chi connectivity index (χ2n) is 5.54. The van der Waals surface area contributed by atoms with Gasteiger partial charge in [-0.05, 0) is 32.0 Å². The fraction of sp³-hybridized carbons (Fsp3) is 0.375. The maximum absolute atomic E-state index is 11.7. The van der Waals surface area contributed by atoms with Crippen LogP contribution in [-0.2, 0) is 18.4 Å². The molecule has 0 bridgehead atoms. The lowest BCUT2D eigenvalue weighted by atomic mass is 9.98. The molecule has 0 saturated heterocycles. The maximum Gasteiger partial charge on any atom is 0.325 e. The minimum atomic E-state index is -0.839. The van der Waals surface area contributed by atoms with Crippen molar-refractivity contribution in [3.63, 3.8) is 0 Å². The van der Waals surface area contributed by atoms with Crippen LogP contribution in [0.4, 0.5) is 0 Å². The first kappa shape index (κ1) is 15.3. The van der Waals surface area contributed by atoms with Crippen LogP contribution in [0.1, 0.15) is 28.3 Å². The number of hydrogen-bond donors (Lipinski definition) is 1. The minimum Gasteiger partial charge on any atom is -0.480 e. The van der Waals surface area contributed by atoms with E-state index in [0.717, 1.165) is 22.3 Å². The molecule has 0 spiro atoms. The lowest BCUT2D eigenvalue weighted by Crippen LogP contribution is -2.31. The van der Waals surface area contributed by atoms with Crippen LogP contribution in [0.25, 0.3) is 0 Å². The van der Waals surface area contributed by atoms with Crippen LogP contribution in [0.3, 0.4) is 0 Å². The van der Waals surface area contributed by atoms with Crippen molar-refractivity contribution in [3.8, 4) is 0 Å². The summed E-state index contributed by atoms with van der Waals surface area (Å²) in [5.41, 5.74) is 3.96. The Kier molecular flexibility index (Phi) is 4.43. The van der Waals surface area contributed by atoms with E-state index in [-0.39, 0.29) is 0 Å². The number of hydrogen-bond acceptors (Lipinski definition) is 3. The third kappa shape index (κ3) is 3.49. The molecule has 5 heteroatoms. The number of carboxylic acid groups (broad SMARTS) is 1. The highest BCUT2D eigenvalue weighted by Gasteiger charge is 2.26. The Morgan fingerprint density at radius 3 is 2.67 bits per heavy atom. The highest BCUT2D eigenvalue weighted by molar-refractivity contribution is 5.76. The maximum atomic E-state index is 11.7. The molecule has 0 aliphatic rings. The molecule has 0 aliphatic heterocycles. The van der Waals surface area contributed by atoms with E-state index in [1.54, 1.807) is 10.9 Å². The van der Waals surface area contributed by atoms with Crippen molar-refractivity contribution >= 4 is 5.97 Å². The number of carboxylic acids is 1. The molecule has 0 unspecified atom stereocenters. The van der Waals surface area contributed by atoms with Crippen molar-refractivity contribution in [2.75, 3.05) is 7.05 Å². The summed E-state index contributed by atoms with van der Waals surface area (Å²) in [5.74, 6) is -0.839. The topological polar surface area (TPSA) is 58.4 Å². The Morgan fingerprint density at radius 2 is 2.14 bits per heavy atom. The summed E-state index contributed by atoms with van der Waals surface area (Å²) in [6.07, 6.45) is 3.66. The van der Waals surface area contributed by atoms with Gasteiger partial charge in [0.2, 0.25) is 0 Å². The lowest BCUT2D eigenvalue weighted by Gasteiger charge is -2.26. The fourth-order valence-electron chi connectivity index (χ4n) is 2.62. The van der Waals surface area contributed by atoms with Crippen molar-refractivity contribution in [2.45, 2.75) is 26.4 Å². The molecule has 1 heterocycles. The molecule has 1 aromatic carbocycles. The molecule has 21 heavy (non-hydrogen) atoms. The first-order valence-corrected chi connectivity index (χ1v) is 6.86. The third-order valence-electron chi connectivity index (χ3n) is 3.58. The number of nitrogens with zero attached hydrogens (tertiary/aromatic N) is 3. The summed E-state index contributed by atoms with van der Waals surface area (Å²) in [6, 6.07) is 5.22. The molecule has 1 N–H and O–H groups in total. The van der Waals surface area contributed by atoms with Crippen molar-refractivity contribution < 1.29 is 9.90 Å². The van der Waals surface area contributed by atoms with Gasteiger partial charge < -0.3 is 5.11 Å². The predicted molar refractivity (Wildman–Crippen MR) is 81.0 cm³/mol. The van der Waals surface area contributed by atoms with E-state index >= 15 is 0 Å². The second-order valence-corrected chi connectivity index (χ2v) is 5.54. The number of rotatable bonds is 5. The second kappa shape index (κ2) is 6.10. The Hall–Kier alpha value is -2.14. The SMILES string of the molecule is Cc1ccc([C@H](C(=O)O)N(C)Cc2cnn(C)c2)c(C)c1. The lowest BCUT2D eigenvalue weighted by molar-refractivity contribution is -0.143. The summed E-state index contributed by atoms with van der Waals surface area (Å²) in [6.45, 7) is 4.50. The van der Waals surface area contributed by atoms with E-state index in [4.69, 9.17) is 0 Å². The fourth-order valence-corrected chi connectivity index (χ4v) is 2.62. The quantitative estimate of drug-likeness (QED) is 0.916. The van der Waals surface area contributed by atoms with Gasteiger partial charge in [-0.25, -0.2) is 0 Å². The summed E-state index contributed by atoms with van der Waals surface area (Å²) in [4.78, 5) is 13.5. The first-order chi connectivity index (χ1) is 9.88. The number of benzene rings is 1. The van der Waals surface area contributed by atoms with Gasteiger partial charge in [0, 0.05) is 25.4 Å². The monoisotopic (exact) mass is 287 g/mol. The first-order valence-electron chi connectivity index (χ1n) is 6.86. The van der Waals surface area contributed by atoms with Crippen molar-refractivity contribution in [1.29, 1.82) is 0 Å². The van der Waals surface area contributed by atoms with Crippen LogP contribution in [0.2, 0.25) is 0 Å². The smallest absolute Gasteiger partial charge is 0.325 e. The van der Waals surface area contributed by atoms with E-state index in [1.165, 1.54) is 0 Å². The molecule has 2 rings (SSSR count). The molecular formula is C16H21N3O2. The van der Waals surface area contributed by atoms with Gasteiger partial charge in [-0.1, -0.05) is 23.8 Å². The van der Waals surface area contributed by atoms with E-state index < -0.39 is 12.0 Å². The van der Waals surface area contributed by atoms with Gasteiger partial charge in [0.15, 0.2) is 0 Å². The zero-order valence-electron chi connectivity index (χ0n) is 12.9. The summed E-state index contributed by atoms with van der Waals surface area (Å²) < 4.78 is 1.72. The summed E-state index contributed by atoms with van der Waals surface area (Å²) in [7, 11) is 3.67. The van der Waals surface area contributed by atoms with Crippen LogP contribution in [0, 0.1) is 13.8 Å². The van der Waals surface area contributed by atoms with Crippen molar-refractivity contribution in [1.82, 2.24) is 14.7 Å². The van der Waals surface area contributed by atoms with Crippen LogP contribution in [0.5, 0.6) is 0 Å². The highest BCUT2D eigenvalue weighted by atomic mass is 16.4. The molecule has 1 atom stereocenters. The molecule has 0 radical (unpaired) electrons. The normalized spacial score (nSPS) is 12.6. The Bertz CT molecular complexity index is 649. The number of aliphatic carboxylic acids is 1. The van der Waals surface area contributed by atoms with Gasteiger partial charge in [0.25, 0.3) is 0 Å². The van der Waals surface area contributed by atoms with E-state index in [1.807, 2.05) is 57.2 Å². The average Bonchev–Trinajstić information content (AvgIpc) is 2.77. The zero-order valence-corrected chi connectivity index (χ0v) is 12.9. The molecule has 0 aliphatic carbocycles. The van der Waals surface area contributed by atoms with Crippen LogP contribution in [0.15, 0.2) is 30.6 Å². The molecule has 112 valence electrons. The number of carbonyl (C=O) groups is 1. The summed E-state index contributed by atoms with van der Waals surface area (Å²) in [5, 5.41) is 13.7. The number of aryl methyl sites for hydroxylation is 3. The highest BCUT2D eigenvalue weighted by Crippen LogP contribution is 2.25. The van der Waals surface area contributed by atoms with Gasteiger partial charge in [-0.15, -0.1) is 0 Å². The van der Waals surface area contributed by atoms with Gasteiger partial charge in [0.1, 0.15) is 6.04 Å². The molecule has 2 aromatic rings. The van der Waals surface area contributed by atoms with Gasteiger partial charge >= 0.3 is 5.97 Å². The van der Waals surface area contributed by atoms with Gasteiger partial charge in [0.05, 0.1) is 6.20 Å². The minimum absolute atomic E-state index is 0.540. The molecule has 1 aromatic heterocycles. The van der Waals surface area contributed by atoms with Crippen LogP contribution in [-0.4, -0.2) is 32.8 Å². The van der Waals surface area contributed by atoms with E-state index in [9.17, 15) is 9.90 Å². The number of likely N-dealkylation sites (N-methyl/N-ethyl adjacent to an activating group) is 1. The van der Waals surface area contributed by atoms with Gasteiger partial charge in [-0.2, -0.15) is 5.10 Å². The number of aromatic nitrogens is 2. The van der Waals surface area contributed by atoms with Crippen molar-refractivity contribution in [3.05, 3.63) is 52.8 Å². The third-order valence-corrected chi connectivity index (χ3v) is 3.58. The molecule has 5 nitrogen and oxygen atoms in total. The van der Waals surface area contributed by atoms with E-state index in [2.05, 4.69) is 5.10 Å². The largest absolute Gasteiger partial charge is 0.480 e. The average molecular weight is 287 g/mol. The van der Waals surface area contributed by atoms with Crippen LogP contribution >= 0.6 is 0 Å². The molecule has 0 amide bonds. The van der Waals surface area contributed by atoms with Gasteiger partial charge in [-0.3, -0.25) is 14.4 Å². The Balaban J connectivity index is 2.27. The predicted octanol–water partition coefficient (Wildman–Crippen LogP) is 2.29. The van der Waals surface area contributed by atoms with E-state index in [0.29, 0.717) is 6.54 Å². The van der Waals surface area contributed by atoms with Crippen LogP contribution < -0.4 is 0 Å². The molecule has 0 fully saturated rings. The molecular weight excluding hydrogens is 266 g/mol. The zero-order chi connectivity index (χ0) is 15.6. The Morgan fingerprint density at radius 1 is 1.43 bits per heavy atom. The summed E-state index contributed by atoms with van der Waals surface area (Å²) >= 11 is 0. The molecule has 0 saturated carbocycles. The Labute approximate surface area is 124 Å². The van der Waals surface area contributed by atoms with Crippen molar-refractivity contribution in [2.24, 2.45) is 7.05 Å². The standard InChI is InChI=1S/C16H21N3O2/c1-11-5-6-14(12(2)7-11)15(16(20)21)18(3)9-13-8-17-19(4)10-13/h5-8,10,15H,9H2,1-4H3,(H,20,21)/t15-/m1/s1.